The second-order valence-corrected chi connectivity index (χ2v) is 4.40. The zero-order chi connectivity index (χ0) is 14.5. The van der Waals surface area contributed by atoms with Crippen molar-refractivity contribution in [3.63, 3.8) is 0 Å². The van der Waals surface area contributed by atoms with Crippen LogP contribution < -0.4 is 5.32 Å². The van der Waals surface area contributed by atoms with Crippen molar-refractivity contribution in [2.24, 2.45) is 0 Å². The topological polar surface area (TPSA) is 79.5 Å². The van der Waals surface area contributed by atoms with E-state index in [1.54, 1.807) is 31.2 Å². The predicted octanol–water partition coefficient (Wildman–Crippen LogP) is 2.26. The molecule has 0 radical (unpaired) electrons. The molecule has 2 aromatic rings. The fourth-order valence-electron chi connectivity index (χ4n) is 1.90. The number of amides is 1. The Morgan fingerprint density at radius 1 is 1.30 bits per heavy atom. The summed E-state index contributed by atoms with van der Waals surface area (Å²) in [6.45, 7) is 2.16. The summed E-state index contributed by atoms with van der Waals surface area (Å²) in [6.07, 6.45) is 2.05. The number of furan rings is 1. The molecular weight excluding hydrogens is 258 g/mol. The Hall–Kier alpha value is -2.56. The molecule has 2 N–H and O–H groups in total. The van der Waals surface area contributed by atoms with Crippen molar-refractivity contribution in [1.29, 1.82) is 0 Å². The Kier molecular flexibility index (Phi) is 4.20. The molecule has 0 aliphatic carbocycles. The molecule has 5 heteroatoms. The lowest BCUT2D eigenvalue weighted by Gasteiger charge is -2.05. The third-order valence-electron chi connectivity index (χ3n) is 2.98. The Bertz CT molecular complexity index is 630. The fourth-order valence-corrected chi connectivity index (χ4v) is 1.90. The maximum Gasteiger partial charge on any atom is 0.335 e. The molecule has 104 valence electrons. The second kappa shape index (κ2) is 6.06. The summed E-state index contributed by atoms with van der Waals surface area (Å²) in [5, 5.41) is 11.7. The number of benzene rings is 1. The zero-order valence-electron chi connectivity index (χ0n) is 11.1. The zero-order valence-corrected chi connectivity index (χ0v) is 11.1. The number of rotatable bonds is 5. The van der Waals surface area contributed by atoms with Crippen LogP contribution in [0.1, 0.15) is 32.0 Å². The minimum Gasteiger partial charge on any atom is -0.478 e. The van der Waals surface area contributed by atoms with Crippen molar-refractivity contribution in [3.05, 3.63) is 59.0 Å². The lowest BCUT2D eigenvalue weighted by molar-refractivity contribution is 0.0696. The van der Waals surface area contributed by atoms with Crippen LogP contribution in [0.4, 0.5) is 0 Å². The van der Waals surface area contributed by atoms with Crippen LogP contribution in [0, 0.1) is 6.92 Å². The number of carboxylic acids is 1. The van der Waals surface area contributed by atoms with Crippen LogP contribution in [0.5, 0.6) is 0 Å². The van der Waals surface area contributed by atoms with Gasteiger partial charge in [0.2, 0.25) is 0 Å². The van der Waals surface area contributed by atoms with E-state index in [4.69, 9.17) is 9.52 Å². The Morgan fingerprint density at radius 2 is 2.10 bits per heavy atom. The molecular formula is C15H15NO4. The predicted molar refractivity (Wildman–Crippen MR) is 72.9 cm³/mol. The number of aryl methyl sites for hydroxylation is 1. The second-order valence-electron chi connectivity index (χ2n) is 4.40. The molecule has 0 saturated carbocycles. The Labute approximate surface area is 116 Å². The number of carbonyl (C=O) groups excluding carboxylic acids is 1. The van der Waals surface area contributed by atoms with Crippen LogP contribution in [0.15, 0.2) is 41.0 Å². The van der Waals surface area contributed by atoms with E-state index in [2.05, 4.69) is 5.32 Å². The van der Waals surface area contributed by atoms with Crippen molar-refractivity contribution in [3.8, 4) is 0 Å². The van der Waals surface area contributed by atoms with E-state index in [0.717, 1.165) is 5.56 Å². The van der Waals surface area contributed by atoms with Gasteiger partial charge in [-0.25, -0.2) is 4.79 Å². The van der Waals surface area contributed by atoms with Gasteiger partial charge in [-0.3, -0.25) is 4.79 Å². The van der Waals surface area contributed by atoms with Gasteiger partial charge in [0.05, 0.1) is 17.4 Å². The van der Waals surface area contributed by atoms with Crippen LogP contribution in [0.3, 0.4) is 0 Å². The van der Waals surface area contributed by atoms with Crippen LogP contribution in [-0.2, 0) is 6.42 Å². The first-order valence-electron chi connectivity index (χ1n) is 6.22. The first-order chi connectivity index (χ1) is 9.58. The maximum atomic E-state index is 11.8. The number of aromatic carboxylic acids is 1. The molecule has 5 nitrogen and oxygen atoms in total. The van der Waals surface area contributed by atoms with Gasteiger partial charge < -0.3 is 14.8 Å². The van der Waals surface area contributed by atoms with Crippen LogP contribution in [0.2, 0.25) is 0 Å². The van der Waals surface area contributed by atoms with E-state index in [0.29, 0.717) is 24.3 Å². The Balaban J connectivity index is 1.90. The summed E-state index contributed by atoms with van der Waals surface area (Å²) in [6, 6.07) is 8.30. The molecule has 1 aromatic carbocycles. The van der Waals surface area contributed by atoms with Crippen LogP contribution >= 0.6 is 0 Å². The van der Waals surface area contributed by atoms with E-state index in [1.165, 1.54) is 6.26 Å². The van der Waals surface area contributed by atoms with Gasteiger partial charge in [0.15, 0.2) is 0 Å². The summed E-state index contributed by atoms with van der Waals surface area (Å²) in [5.74, 6) is -0.564. The standard InChI is InChI=1S/C15H15NO4/c1-10-13(6-8-20-10)14(17)16-7-5-11-3-2-4-12(9-11)15(18)19/h2-4,6,8-9H,5,7H2,1H3,(H,16,17)(H,18,19). The molecule has 0 atom stereocenters. The highest BCUT2D eigenvalue weighted by molar-refractivity contribution is 5.95. The van der Waals surface area contributed by atoms with Crippen molar-refractivity contribution < 1.29 is 19.1 Å². The average molecular weight is 273 g/mol. The van der Waals surface area contributed by atoms with Crippen molar-refractivity contribution in [1.82, 2.24) is 5.32 Å². The molecule has 1 heterocycles. The largest absolute Gasteiger partial charge is 0.478 e. The summed E-state index contributed by atoms with van der Waals surface area (Å²) in [7, 11) is 0. The van der Waals surface area contributed by atoms with Crippen molar-refractivity contribution >= 4 is 11.9 Å². The number of carboxylic acid groups (broad SMARTS) is 1. The molecule has 1 aromatic heterocycles. The van der Waals surface area contributed by atoms with E-state index >= 15 is 0 Å². The fraction of sp³-hybridized carbons (Fsp3) is 0.200. The van der Waals surface area contributed by atoms with Gasteiger partial charge in [-0.15, -0.1) is 0 Å². The normalized spacial score (nSPS) is 10.2. The molecule has 1 amide bonds. The van der Waals surface area contributed by atoms with Gasteiger partial charge in [-0.2, -0.15) is 0 Å². The lowest BCUT2D eigenvalue weighted by atomic mass is 10.1. The van der Waals surface area contributed by atoms with Gasteiger partial charge >= 0.3 is 5.97 Å². The average Bonchev–Trinajstić information content (AvgIpc) is 2.85. The first-order valence-corrected chi connectivity index (χ1v) is 6.22. The van der Waals surface area contributed by atoms with Crippen molar-refractivity contribution in [2.75, 3.05) is 6.54 Å². The van der Waals surface area contributed by atoms with Gasteiger partial charge in [0, 0.05) is 6.54 Å². The number of hydrogen-bond acceptors (Lipinski definition) is 3. The molecule has 0 aliphatic heterocycles. The highest BCUT2D eigenvalue weighted by Gasteiger charge is 2.10. The van der Waals surface area contributed by atoms with Crippen molar-refractivity contribution in [2.45, 2.75) is 13.3 Å². The third-order valence-corrected chi connectivity index (χ3v) is 2.98. The van der Waals surface area contributed by atoms with E-state index in [9.17, 15) is 9.59 Å². The molecule has 0 bridgehead atoms. The number of nitrogens with one attached hydrogen (secondary N) is 1. The lowest BCUT2D eigenvalue weighted by Crippen LogP contribution is -2.25. The summed E-state index contributed by atoms with van der Waals surface area (Å²) < 4.78 is 5.07. The Morgan fingerprint density at radius 3 is 2.75 bits per heavy atom. The SMILES string of the molecule is Cc1occc1C(=O)NCCc1cccc(C(=O)O)c1. The highest BCUT2D eigenvalue weighted by Crippen LogP contribution is 2.09. The summed E-state index contributed by atoms with van der Waals surface area (Å²) in [4.78, 5) is 22.7. The smallest absolute Gasteiger partial charge is 0.335 e. The summed E-state index contributed by atoms with van der Waals surface area (Å²) >= 11 is 0. The number of hydrogen-bond donors (Lipinski definition) is 2. The molecule has 2 rings (SSSR count). The quantitative estimate of drug-likeness (QED) is 0.875. The molecule has 0 aliphatic rings. The van der Waals surface area contributed by atoms with Gasteiger partial charge in [-0.05, 0) is 37.1 Å². The molecule has 20 heavy (non-hydrogen) atoms. The molecule has 0 saturated heterocycles. The highest BCUT2D eigenvalue weighted by atomic mass is 16.4. The minimum absolute atomic E-state index is 0.189. The molecule has 0 spiro atoms. The van der Waals surface area contributed by atoms with Gasteiger partial charge in [-0.1, -0.05) is 12.1 Å². The minimum atomic E-state index is -0.954. The van der Waals surface area contributed by atoms with Crippen LogP contribution in [0.25, 0.3) is 0 Å². The van der Waals surface area contributed by atoms with Crippen LogP contribution in [-0.4, -0.2) is 23.5 Å². The van der Waals surface area contributed by atoms with Gasteiger partial charge in [0.25, 0.3) is 5.91 Å². The molecule has 0 fully saturated rings. The molecule has 0 unspecified atom stereocenters. The summed E-state index contributed by atoms with van der Waals surface area (Å²) in [5.41, 5.74) is 1.64. The third kappa shape index (κ3) is 3.26. The van der Waals surface area contributed by atoms with E-state index < -0.39 is 5.97 Å². The monoisotopic (exact) mass is 273 g/mol. The van der Waals surface area contributed by atoms with E-state index in [-0.39, 0.29) is 11.5 Å². The van der Waals surface area contributed by atoms with E-state index in [1.807, 2.05) is 6.07 Å². The van der Waals surface area contributed by atoms with Gasteiger partial charge in [0.1, 0.15) is 5.76 Å². The number of carbonyl (C=O) groups is 2. The first kappa shape index (κ1) is 13.9. The maximum absolute atomic E-state index is 11.8.